The standard InChI is InChI=1S/C12H25NO/c1-4-14-9-11(3)13-8-12-7-5-6-10(12)2/h10-13H,4-9H2,1-3H3. The van der Waals surface area contributed by atoms with E-state index < -0.39 is 0 Å². The fraction of sp³-hybridized carbons (Fsp3) is 1.00. The molecule has 1 saturated carbocycles. The molecule has 0 aromatic carbocycles. The molecule has 0 bridgehead atoms. The molecule has 14 heavy (non-hydrogen) atoms. The average Bonchev–Trinajstić information content (AvgIpc) is 2.58. The lowest BCUT2D eigenvalue weighted by Crippen LogP contribution is -2.35. The number of hydrogen-bond acceptors (Lipinski definition) is 2. The zero-order valence-electron chi connectivity index (χ0n) is 9.88. The third-order valence-electron chi connectivity index (χ3n) is 3.34. The second-order valence-electron chi connectivity index (χ2n) is 4.64. The molecule has 2 nitrogen and oxygen atoms in total. The molecule has 0 aromatic heterocycles. The van der Waals surface area contributed by atoms with Gasteiger partial charge in [-0.1, -0.05) is 19.8 Å². The minimum absolute atomic E-state index is 0.503. The summed E-state index contributed by atoms with van der Waals surface area (Å²) >= 11 is 0. The summed E-state index contributed by atoms with van der Waals surface area (Å²) in [5.74, 6) is 1.82. The van der Waals surface area contributed by atoms with Gasteiger partial charge in [0, 0.05) is 12.6 Å². The van der Waals surface area contributed by atoms with Crippen molar-refractivity contribution in [2.45, 2.75) is 46.1 Å². The van der Waals surface area contributed by atoms with Crippen LogP contribution in [0.4, 0.5) is 0 Å². The van der Waals surface area contributed by atoms with Crippen LogP contribution in [0.5, 0.6) is 0 Å². The lowest BCUT2D eigenvalue weighted by atomic mass is 9.98. The molecule has 1 fully saturated rings. The Labute approximate surface area is 88.4 Å². The van der Waals surface area contributed by atoms with Gasteiger partial charge in [0.1, 0.15) is 0 Å². The highest BCUT2D eigenvalue weighted by Gasteiger charge is 2.23. The van der Waals surface area contributed by atoms with Gasteiger partial charge in [0.05, 0.1) is 6.61 Å². The van der Waals surface area contributed by atoms with Crippen molar-refractivity contribution in [3.05, 3.63) is 0 Å². The minimum Gasteiger partial charge on any atom is -0.380 e. The second kappa shape index (κ2) is 6.41. The van der Waals surface area contributed by atoms with E-state index in [-0.39, 0.29) is 0 Å². The van der Waals surface area contributed by atoms with E-state index in [0.717, 1.165) is 25.0 Å². The first-order valence-corrected chi connectivity index (χ1v) is 6.05. The zero-order valence-corrected chi connectivity index (χ0v) is 9.88. The SMILES string of the molecule is CCOCC(C)NCC1CCCC1C. The van der Waals surface area contributed by atoms with Crippen molar-refractivity contribution in [2.75, 3.05) is 19.8 Å². The van der Waals surface area contributed by atoms with Crippen molar-refractivity contribution in [1.29, 1.82) is 0 Å². The molecule has 0 saturated heterocycles. The van der Waals surface area contributed by atoms with Gasteiger partial charge in [-0.25, -0.2) is 0 Å². The molecule has 0 heterocycles. The Morgan fingerprint density at radius 1 is 1.43 bits per heavy atom. The van der Waals surface area contributed by atoms with E-state index in [4.69, 9.17) is 4.74 Å². The molecular weight excluding hydrogens is 174 g/mol. The number of hydrogen-bond donors (Lipinski definition) is 1. The van der Waals surface area contributed by atoms with Crippen LogP contribution >= 0.6 is 0 Å². The third-order valence-corrected chi connectivity index (χ3v) is 3.34. The summed E-state index contributed by atoms with van der Waals surface area (Å²) in [6, 6.07) is 0.503. The molecule has 2 heteroatoms. The Morgan fingerprint density at radius 3 is 2.79 bits per heavy atom. The minimum atomic E-state index is 0.503. The largest absolute Gasteiger partial charge is 0.380 e. The van der Waals surface area contributed by atoms with Crippen LogP contribution in [0.15, 0.2) is 0 Å². The zero-order chi connectivity index (χ0) is 10.4. The first-order valence-electron chi connectivity index (χ1n) is 6.05. The molecule has 3 atom stereocenters. The first kappa shape index (κ1) is 12.0. The average molecular weight is 199 g/mol. The normalized spacial score (nSPS) is 29.4. The third kappa shape index (κ3) is 3.97. The summed E-state index contributed by atoms with van der Waals surface area (Å²) in [7, 11) is 0. The van der Waals surface area contributed by atoms with Crippen LogP contribution in [0.3, 0.4) is 0 Å². The lowest BCUT2D eigenvalue weighted by Gasteiger charge is -2.19. The summed E-state index contributed by atoms with van der Waals surface area (Å²) in [6.07, 6.45) is 4.26. The van der Waals surface area contributed by atoms with E-state index in [0.29, 0.717) is 6.04 Å². The maximum Gasteiger partial charge on any atom is 0.0616 e. The highest BCUT2D eigenvalue weighted by atomic mass is 16.5. The van der Waals surface area contributed by atoms with Gasteiger partial charge in [-0.3, -0.25) is 0 Å². The van der Waals surface area contributed by atoms with Crippen molar-refractivity contribution in [3.8, 4) is 0 Å². The maximum absolute atomic E-state index is 5.37. The predicted molar refractivity (Wildman–Crippen MR) is 60.5 cm³/mol. The van der Waals surface area contributed by atoms with Gasteiger partial charge in [-0.05, 0) is 38.6 Å². The predicted octanol–water partition coefficient (Wildman–Crippen LogP) is 2.44. The van der Waals surface area contributed by atoms with E-state index in [1.54, 1.807) is 0 Å². The first-order chi connectivity index (χ1) is 6.74. The molecule has 0 aliphatic heterocycles. The highest BCUT2D eigenvalue weighted by Crippen LogP contribution is 2.30. The van der Waals surface area contributed by atoms with Crippen LogP contribution in [0.2, 0.25) is 0 Å². The molecule has 84 valence electrons. The number of ether oxygens (including phenoxy) is 1. The number of nitrogens with one attached hydrogen (secondary N) is 1. The number of rotatable bonds is 6. The molecule has 0 aromatic rings. The molecular formula is C12H25NO. The van der Waals surface area contributed by atoms with Crippen LogP contribution in [-0.2, 0) is 4.74 Å². The van der Waals surface area contributed by atoms with Crippen molar-refractivity contribution in [3.63, 3.8) is 0 Å². The van der Waals surface area contributed by atoms with Crippen LogP contribution in [0, 0.1) is 11.8 Å². The smallest absolute Gasteiger partial charge is 0.0616 e. The van der Waals surface area contributed by atoms with Crippen molar-refractivity contribution in [2.24, 2.45) is 11.8 Å². The molecule has 1 N–H and O–H groups in total. The topological polar surface area (TPSA) is 21.3 Å². The maximum atomic E-state index is 5.37. The summed E-state index contributed by atoms with van der Waals surface area (Å²) in [5, 5.41) is 3.56. The van der Waals surface area contributed by atoms with E-state index in [1.807, 2.05) is 6.92 Å². The van der Waals surface area contributed by atoms with Crippen molar-refractivity contribution in [1.82, 2.24) is 5.32 Å². The van der Waals surface area contributed by atoms with Gasteiger partial charge in [0.25, 0.3) is 0 Å². The van der Waals surface area contributed by atoms with Gasteiger partial charge in [-0.2, -0.15) is 0 Å². The summed E-state index contributed by atoms with van der Waals surface area (Å²) in [4.78, 5) is 0. The second-order valence-corrected chi connectivity index (χ2v) is 4.64. The fourth-order valence-corrected chi connectivity index (χ4v) is 2.23. The van der Waals surface area contributed by atoms with Crippen LogP contribution < -0.4 is 5.32 Å². The molecule has 1 rings (SSSR count). The van der Waals surface area contributed by atoms with Crippen molar-refractivity contribution >= 4 is 0 Å². The van der Waals surface area contributed by atoms with Crippen LogP contribution in [-0.4, -0.2) is 25.8 Å². The Morgan fingerprint density at radius 2 is 2.21 bits per heavy atom. The fourth-order valence-electron chi connectivity index (χ4n) is 2.23. The van der Waals surface area contributed by atoms with Gasteiger partial charge in [-0.15, -0.1) is 0 Å². The molecule has 1 aliphatic carbocycles. The molecule has 3 unspecified atom stereocenters. The summed E-state index contributed by atoms with van der Waals surface area (Å²) < 4.78 is 5.37. The van der Waals surface area contributed by atoms with Gasteiger partial charge in [0.2, 0.25) is 0 Å². The molecule has 0 spiro atoms. The molecule has 0 amide bonds. The van der Waals surface area contributed by atoms with Gasteiger partial charge >= 0.3 is 0 Å². The van der Waals surface area contributed by atoms with Gasteiger partial charge in [0.15, 0.2) is 0 Å². The molecule has 0 radical (unpaired) electrons. The summed E-state index contributed by atoms with van der Waals surface area (Å²) in [6.45, 7) is 9.48. The van der Waals surface area contributed by atoms with E-state index >= 15 is 0 Å². The van der Waals surface area contributed by atoms with Crippen molar-refractivity contribution < 1.29 is 4.74 Å². The van der Waals surface area contributed by atoms with Crippen LogP contribution in [0.1, 0.15) is 40.0 Å². The Kier molecular flexibility index (Phi) is 5.49. The van der Waals surface area contributed by atoms with Gasteiger partial charge < -0.3 is 10.1 Å². The van der Waals surface area contributed by atoms with E-state index in [1.165, 1.54) is 25.8 Å². The summed E-state index contributed by atoms with van der Waals surface area (Å²) in [5.41, 5.74) is 0. The highest BCUT2D eigenvalue weighted by molar-refractivity contribution is 4.77. The van der Waals surface area contributed by atoms with E-state index in [2.05, 4.69) is 19.2 Å². The Bertz CT molecular complexity index is 149. The molecule has 1 aliphatic rings. The lowest BCUT2D eigenvalue weighted by molar-refractivity contribution is 0.125. The Hall–Kier alpha value is -0.0800. The van der Waals surface area contributed by atoms with E-state index in [9.17, 15) is 0 Å². The monoisotopic (exact) mass is 199 g/mol. The quantitative estimate of drug-likeness (QED) is 0.709. The van der Waals surface area contributed by atoms with Crippen LogP contribution in [0.25, 0.3) is 0 Å². The Balaban J connectivity index is 2.07.